The number of rotatable bonds is 6. The topological polar surface area (TPSA) is 332 Å². The van der Waals surface area contributed by atoms with Crippen molar-refractivity contribution in [2.75, 3.05) is 77.2 Å². The Bertz CT molecular complexity index is 1450. The van der Waals surface area contributed by atoms with Gasteiger partial charge >= 0.3 is 35.8 Å². The van der Waals surface area contributed by atoms with Crippen molar-refractivity contribution >= 4 is 136 Å². The quantitative estimate of drug-likeness (QED) is 0.112. The molecule has 6 atom stereocenters. The fourth-order valence-electron chi connectivity index (χ4n) is 5.39. The van der Waals surface area contributed by atoms with E-state index in [1.54, 1.807) is 0 Å². The van der Waals surface area contributed by atoms with Crippen molar-refractivity contribution in [1.29, 1.82) is 0 Å². The van der Waals surface area contributed by atoms with Crippen molar-refractivity contribution in [3.05, 3.63) is 0 Å². The molecule has 0 unspecified atom stereocenters. The predicted octanol–water partition coefficient (Wildman–Crippen LogP) is -0.398. The Hall–Kier alpha value is -4.26. The van der Waals surface area contributed by atoms with Gasteiger partial charge in [-0.15, -0.1) is 0 Å². The van der Waals surface area contributed by atoms with E-state index in [0.717, 1.165) is 107 Å². The highest BCUT2D eigenvalue weighted by molar-refractivity contribution is 8.77. The number of nitrogens with one attached hydrogen (secondary N) is 6. The first-order valence-electron chi connectivity index (χ1n) is 20.9. The zero-order chi connectivity index (χ0) is 51.7. The lowest BCUT2D eigenvalue weighted by Crippen LogP contribution is -2.44. The molecule has 69 heavy (non-hydrogen) atoms. The molecule has 1 aliphatic rings. The van der Waals surface area contributed by atoms with Crippen LogP contribution in [0.2, 0.25) is 0 Å². The van der Waals surface area contributed by atoms with Gasteiger partial charge in [0, 0.05) is 73.0 Å². The van der Waals surface area contributed by atoms with E-state index in [4.69, 9.17) is 28.4 Å². The summed E-state index contributed by atoms with van der Waals surface area (Å²) in [4.78, 5) is 152. The van der Waals surface area contributed by atoms with Gasteiger partial charge in [-0.2, -0.15) is 0 Å². The average Bonchev–Trinajstić information content (AvgIpc) is 3.33. The van der Waals surface area contributed by atoms with Crippen LogP contribution < -0.4 is 31.9 Å². The van der Waals surface area contributed by atoms with E-state index in [2.05, 4.69) is 31.9 Å². The fourth-order valence-corrected chi connectivity index (χ4v) is 12.3. The van der Waals surface area contributed by atoms with E-state index >= 15 is 0 Å². The zero-order valence-corrected chi connectivity index (χ0v) is 43.8. The second-order valence-corrected chi connectivity index (χ2v) is 21.8. The van der Waals surface area contributed by atoms with Crippen LogP contribution in [0.1, 0.15) is 57.8 Å². The number of carbonyl (C=O) groups excluding carboxylic acids is 12. The molecule has 0 spiro atoms. The summed E-state index contributed by atoms with van der Waals surface area (Å²) in [5.41, 5.74) is 0. The minimum absolute atomic E-state index is 0.0141. The van der Waals surface area contributed by atoms with Crippen LogP contribution in [0.15, 0.2) is 0 Å². The molecule has 30 heteroatoms. The number of carbonyl (C=O) groups is 12. The van der Waals surface area contributed by atoms with Gasteiger partial charge in [0.05, 0.1) is 42.7 Å². The van der Waals surface area contributed by atoms with Gasteiger partial charge in [-0.05, 0) is 19.3 Å². The van der Waals surface area contributed by atoms with Crippen LogP contribution in [0, 0.1) is 0 Å². The monoisotopic (exact) mass is 1090 g/mol. The normalized spacial score (nSPS) is 24.1. The van der Waals surface area contributed by atoms with Gasteiger partial charge in [0.25, 0.3) is 0 Å². The molecule has 0 bridgehead atoms. The average molecular weight is 1090 g/mol. The Morgan fingerprint density at radius 1 is 0.304 bits per heavy atom. The number of hydrogen-bond donors (Lipinski definition) is 6. The minimum Gasteiger partial charge on any atom is -0.467 e. The molecule has 0 aromatic rings. The molecule has 24 nitrogen and oxygen atoms in total. The second kappa shape index (κ2) is 36.6. The fraction of sp³-hybridized carbons (Fsp3) is 0.692. The van der Waals surface area contributed by atoms with Gasteiger partial charge in [-0.25, -0.2) is 28.8 Å². The molecule has 0 radical (unpaired) electrons. The molecule has 1 aliphatic heterocycles. The first-order chi connectivity index (χ1) is 32.9. The van der Waals surface area contributed by atoms with Crippen LogP contribution in [-0.2, 0) is 86.0 Å². The third kappa shape index (κ3) is 27.1. The summed E-state index contributed by atoms with van der Waals surface area (Å²) in [6.07, 6.45) is -1.01. The lowest BCUT2D eigenvalue weighted by Gasteiger charge is -2.19. The van der Waals surface area contributed by atoms with Crippen LogP contribution in [0.3, 0.4) is 0 Å². The van der Waals surface area contributed by atoms with Crippen molar-refractivity contribution in [2.45, 2.75) is 94.0 Å². The second-order valence-electron chi connectivity index (χ2n) is 14.1. The molecule has 6 N–H and O–H groups in total. The molecule has 390 valence electrons. The first kappa shape index (κ1) is 62.8. The summed E-state index contributed by atoms with van der Waals surface area (Å²) in [6.45, 7) is 0. The standard InChI is InChI=1S/C39H60N6O18S6/c1-58-34(52)22-16-64-65-17-23(35(53)59-2)41-30(48)12-8-13-31(49)43-26(38(56)62-5)20-68-69-21-27(39(57)63-6)45-33(51)15-9-14-32(50)44-25(37(55)61-4)19-67-66-18-24(36(54)60-3)42-29(47)11-7-10-28(46)40-22/h22-27H,7-21H2,1-6H3,(H,40,46)(H,41,48)(H,42,47)(H,43,49)(H,44,50)(H,45,51)/t22-,23-,24-,25-,26-,27-/m0/s1. The third-order valence-corrected chi connectivity index (χ3v) is 16.3. The smallest absolute Gasteiger partial charge is 0.329 e. The van der Waals surface area contributed by atoms with E-state index in [9.17, 15) is 57.5 Å². The summed E-state index contributed by atoms with van der Waals surface area (Å²) in [6, 6.07) is -6.72. The van der Waals surface area contributed by atoms with Crippen LogP contribution in [-0.4, -0.2) is 185 Å². The largest absolute Gasteiger partial charge is 0.467 e. The maximum Gasteiger partial charge on any atom is 0.329 e. The van der Waals surface area contributed by atoms with Gasteiger partial charge in [-0.3, -0.25) is 28.8 Å². The van der Waals surface area contributed by atoms with Crippen LogP contribution in [0.25, 0.3) is 0 Å². The molecular weight excluding hydrogens is 1030 g/mol. The van der Waals surface area contributed by atoms with E-state index in [-0.39, 0.29) is 92.3 Å². The van der Waals surface area contributed by atoms with E-state index < -0.39 is 108 Å². The van der Waals surface area contributed by atoms with Gasteiger partial charge in [0.2, 0.25) is 35.4 Å². The molecule has 0 aliphatic carbocycles. The number of esters is 6. The minimum atomic E-state index is -1.12. The molecule has 1 fully saturated rings. The van der Waals surface area contributed by atoms with Crippen molar-refractivity contribution in [3.63, 3.8) is 0 Å². The first-order valence-corrected chi connectivity index (χ1v) is 28.4. The Morgan fingerprint density at radius 3 is 0.551 bits per heavy atom. The Morgan fingerprint density at radius 2 is 0.435 bits per heavy atom. The molecule has 0 aromatic heterocycles. The number of hydrogen-bond acceptors (Lipinski definition) is 24. The summed E-state index contributed by atoms with van der Waals surface area (Å²) < 4.78 is 28.9. The summed E-state index contributed by atoms with van der Waals surface area (Å²) in [7, 11) is 13.3. The Kier molecular flexibility index (Phi) is 33.3. The molecule has 6 amide bonds. The highest BCUT2D eigenvalue weighted by atomic mass is 33.1. The van der Waals surface area contributed by atoms with E-state index in [1.165, 1.54) is 0 Å². The number of amides is 6. The number of ether oxygens (including phenoxy) is 6. The van der Waals surface area contributed by atoms with E-state index in [1.807, 2.05) is 0 Å². The maximum atomic E-state index is 12.8. The molecule has 1 rings (SSSR count). The number of methoxy groups -OCH3 is 6. The Balaban J connectivity index is 3.18. The highest BCUT2D eigenvalue weighted by Gasteiger charge is 2.29. The van der Waals surface area contributed by atoms with Crippen LogP contribution in [0.5, 0.6) is 0 Å². The van der Waals surface area contributed by atoms with Crippen molar-refractivity contribution < 1.29 is 86.0 Å². The van der Waals surface area contributed by atoms with Crippen LogP contribution in [0.4, 0.5) is 0 Å². The predicted molar refractivity (Wildman–Crippen MR) is 260 cm³/mol. The lowest BCUT2D eigenvalue weighted by atomic mass is 10.2. The molecule has 1 heterocycles. The maximum absolute atomic E-state index is 12.8. The summed E-state index contributed by atoms with van der Waals surface area (Å²) in [5.74, 6) is -8.13. The van der Waals surface area contributed by atoms with Crippen molar-refractivity contribution in [3.8, 4) is 0 Å². The molecule has 1 saturated heterocycles. The molecule has 0 aromatic carbocycles. The highest BCUT2D eigenvalue weighted by Crippen LogP contribution is 2.26. The van der Waals surface area contributed by atoms with Crippen molar-refractivity contribution in [1.82, 2.24) is 31.9 Å². The lowest BCUT2D eigenvalue weighted by molar-refractivity contribution is -0.145. The SMILES string of the molecule is COC(=O)[C@@H]1CSSC[C@@H](C(=O)OC)NC(=O)CCCC(=O)N[C@H](C(=O)OC)CSSC[C@@H](C(=O)OC)NC(=O)CCCC(=O)N[C@H](C(=O)OC)CSSC[C@@H](C(=O)OC)NC(=O)CCCC(=O)N1. The van der Waals surface area contributed by atoms with Crippen LogP contribution >= 0.6 is 64.8 Å². The van der Waals surface area contributed by atoms with Crippen molar-refractivity contribution in [2.24, 2.45) is 0 Å². The summed E-state index contributed by atoms with van der Waals surface area (Å²) >= 11 is 0. The van der Waals surface area contributed by atoms with E-state index in [0.29, 0.717) is 0 Å². The van der Waals surface area contributed by atoms with Gasteiger partial charge in [0.15, 0.2) is 0 Å². The Labute approximate surface area is 422 Å². The summed E-state index contributed by atoms with van der Waals surface area (Å²) in [5, 5.41) is 15.3. The van der Waals surface area contributed by atoms with Gasteiger partial charge in [-0.1, -0.05) is 64.8 Å². The molecular formula is C39H60N6O18S6. The van der Waals surface area contributed by atoms with Gasteiger partial charge < -0.3 is 60.3 Å². The third-order valence-electron chi connectivity index (χ3n) is 9.01. The zero-order valence-electron chi connectivity index (χ0n) is 38.9. The molecule has 0 saturated carbocycles. The van der Waals surface area contributed by atoms with Gasteiger partial charge in [0.1, 0.15) is 36.3 Å².